The van der Waals surface area contributed by atoms with Crippen LogP contribution >= 0.6 is 11.6 Å². The first-order valence-corrected chi connectivity index (χ1v) is 6.00. The van der Waals surface area contributed by atoms with E-state index in [1.165, 1.54) is 0 Å². The number of sulfonamides is 1. The predicted octanol–water partition coefficient (Wildman–Crippen LogP) is 0.642. The maximum absolute atomic E-state index is 11.3. The Morgan fingerprint density at radius 1 is 1.14 bits per heavy atom. The molecule has 0 spiro atoms. The van der Waals surface area contributed by atoms with E-state index in [1.807, 2.05) is 12.1 Å². The minimum absolute atomic E-state index is 0.0905. The van der Waals surface area contributed by atoms with Gasteiger partial charge < -0.3 is 0 Å². The van der Waals surface area contributed by atoms with Crippen molar-refractivity contribution >= 4 is 21.6 Å². The molecule has 0 heterocycles. The Balaban J connectivity index is 4.42. The number of hydrogen-bond acceptors (Lipinski definition) is 4. The molecule has 0 saturated heterocycles. The van der Waals surface area contributed by atoms with Crippen molar-refractivity contribution in [2.45, 2.75) is 12.8 Å². The monoisotopic (exact) mass is 235 g/mol. The maximum Gasteiger partial charge on any atom is 0.228 e. The van der Waals surface area contributed by atoms with Crippen molar-refractivity contribution in [1.29, 1.82) is 10.5 Å². The molecule has 0 bridgehead atoms. The van der Waals surface area contributed by atoms with E-state index in [2.05, 4.69) is 0 Å². The Bertz CT molecular complexity index is 323. The molecule has 0 aliphatic heterocycles. The number of nitriles is 2. The highest BCUT2D eigenvalue weighted by molar-refractivity contribution is 7.90. The molecule has 0 amide bonds. The zero-order valence-electron chi connectivity index (χ0n) is 7.48. The Kier molecular flexibility index (Phi) is 6.22. The molecular formula is C7H10ClN3O2S. The first-order chi connectivity index (χ1) is 6.58. The SMILES string of the molecule is N#CCCN(CCC#N)S(=O)(=O)CCl. The number of nitrogens with zero attached hydrogens (tertiary/aromatic N) is 3. The van der Waals surface area contributed by atoms with Crippen molar-refractivity contribution in [3.05, 3.63) is 0 Å². The molecule has 0 aromatic carbocycles. The zero-order chi connectivity index (χ0) is 11.0. The van der Waals surface area contributed by atoms with Crippen LogP contribution in [0.5, 0.6) is 0 Å². The van der Waals surface area contributed by atoms with Crippen LogP contribution in [0.4, 0.5) is 0 Å². The van der Waals surface area contributed by atoms with Crippen molar-refractivity contribution < 1.29 is 8.42 Å². The van der Waals surface area contributed by atoms with Gasteiger partial charge in [-0.25, -0.2) is 8.42 Å². The van der Waals surface area contributed by atoms with Crippen LogP contribution in [0, 0.1) is 22.7 Å². The lowest BCUT2D eigenvalue weighted by Gasteiger charge is -2.17. The van der Waals surface area contributed by atoms with Gasteiger partial charge in [0, 0.05) is 25.9 Å². The van der Waals surface area contributed by atoms with E-state index in [4.69, 9.17) is 22.1 Å². The Labute approximate surface area is 88.5 Å². The summed E-state index contributed by atoms with van der Waals surface area (Å²) >= 11 is 5.25. The van der Waals surface area contributed by atoms with E-state index < -0.39 is 15.2 Å². The van der Waals surface area contributed by atoms with Gasteiger partial charge in [0.1, 0.15) is 5.21 Å². The fourth-order valence-corrected chi connectivity index (χ4v) is 2.10. The van der Waals surface area contributed by atoms with E-state index in [0.717, 1.165) is 4.31 Å². The average Bonchev–Trinajstić information content (AvgIpc) is 2.17. The Morgan fingerprint density at radius 2 is 1.57 bits per heavy atom. The van der Waals surface area contributed by atoms with Crippen LogP contribution in [0.1, 0.15) is 12.8 Å². The van der Waals surface area contributed by atoms with Crippen molar-refractivity contribution in [3.8, 4) is 12.1 Å². The Hall–Kier alpha value is -0.820. The zero-order valence-corrected chi connectivity index (χ0v) is 9.05. The van der Waals surface area contributed by atoms with Crippen LogP contribution in [0.3, 0.4) is 0 Å². The van der Waals surface area contributed by atoms with Gasteiger partial charge in [0.2, 0.25) is 10.0 Å². The third kappa shape index (κ3) is 4.43. The van der Waals surface area contributed by atoms with Gasteiger partial charge in [-0.05, 0) is 0 Å². The van der Waals surface area contributed by atoms with Crippen molar-refractivity contribution in [2.75, 3.05) is 18.3 Å². The molecule has 7 heteroatoms. The van der Waals surface area contributed by atoms with Gasteiger partial charge in [-0.3, -0.25) is 0 Å². The van der Waals surface area contributed by atoms with E-state index >= 15 is 0 Å². The highest BCUT2D eigenvalue weighted by Gasteiger charge is 2.19. The second-order valence-corrected chi connectivity index (χ2v) is 4.99. The first-order valence-electron chi connectivity index (χ1n) is 3.86. The molecule has 0 aromatic rings. The van der Waals surface area contributed by atoms with Crippen molar-refractivity contribution in [1.82, 2.24) is 4.31 Å². The third-order valence-corrected chi connectivity index (χ3v) is 3.73. The largest absolute Gasteiger partial charge is 0.228 e. The molecule has 0 aromatic heterocycles. The molecule has 0 N–H and O–H groups in total. The van der Waals surface area contributed by atoms with Gasteiger partial charge in [-0.1, -0.05) is 0 Å². The minimum atomic E-state index is -3.51. The molecule has 0 aliphatic rings. The molecule has 0 radical (unpaired) electrons. The molecule has 0 fully saturated rings. The van der Waals surface area contributed by atoms with Crippen LogP contribution in [0.25, 0.3) is 0 Å². The predicted molar refractivity (Wildman–Crippen MR) is 51.7 cm³/mol. The lowest BCUT2D eigenvalue weighted by atomic mass is 10.4. The van der Waals surface area contributed by atoms with Gasteiger partial charge in [-0.15, -0.1) is 11.6 Å². The summed E-state index contributed by atoms with van der Waals surface area (Å²) in [4.78, 5) is 0. The van der Waals surface area contributed by atoms with E-state index in [-0.39, 0.29) is 25.9 Å². The minimum Gasteiger partial charge on any atom is -0.211 e. The topological polar surface area (TPSA) is 85.0 Å². The first kappa shape index (κ1) is 13.2. The second kappa shape index (κ2) is 6.61. The van der Waals surface area contributed by atoms with E-state index in [0.29, 0.717) is 0 Å². The van der Waals surface area contributed by atoms with Crippen LogP contribution < -0.4 is 0 Å². The lowest BCUT2D eigenvalue weighted by Crippen LogP contribution is -2.33. The highest BCUT2D eigenvalue weighted by atomic mass is 35.5. The van der Waals surface area contributed by atoms with E-state index in [1.54, 1.807) is 0 Å². The van der Waals surface area contributed by atoms with Crippen LogP contribution in [0.2, 0.25) is 0 Å². The summed E-state index contributed by atoms with van der Waals surface area (Å²) in [7, 11) is -3.51. The average molecular weight is 236 g/mol. The van der Waals surface area contributed by atoms with Gasteiger partial charge in [0.15, 0.2) is 0 Å². The van der Waals surface area contributed by atoms with Gasteiger partial charge in [0.05, 0.1) is 12.1 Å². The Morgan fingerprint density at radius 3 is 1.86 bits per heavy atom. The molecule has 78 valence electrons. The third-order valence-electron chi connectivity index (χ3n) is 1.48. The van der Waals surface area contributed by atoms with Gasteiger partial charge in [0.25, 0.3) is 0 Å². The van der Waals surface area contributed by atoms with E-state index in [9.17, 15) is 8.42 Å². The lowest BCUT2D eigenvalue weighted by molar-refractivity contribution is 0.428. The summed E-state index contributed by atoms with van der Waals surface area (Å²) in [5, 5.41) is 16.1. The van der Waals surface area contributed by atoms with Crippen LogP contribution in [-0.4, -0.2) is 31.0 Å². The maximum atomic E-state index is 11.3. The summed E-state index contributed by atoms with van der Waals surface area (Å²) in [5.74, 6) is 0. The fourth-order valence-electron chi connectivity index (χ4n) is 0.808. The molecule has 0 atom stereocenters. The second-order valence-electron chi connectivity index (χ2n) is 2.44. The number of alkyl halides is 1. The molecular weight excluding hydrogens is 226 g/mol. The number of halogens is 1. The summed E-state index contributed by atoms with van der Waals surface area (Å²) in [6, 6.07) is 3.68. The number of rotatable bonds is 6. The standard InChI is InChI=1S/C7H10ClN3O2S/c8-7-14(12,13)11(5-1-3-9)6-2-4-10/h1-2,5-7H2. The van der Waals surface area contributed by atoms with Gasteiger partial charge in [-0.2, -0.15) is 14.8 Å². The fraction of sp³-hybridized carbons (Fsp3) is 0.714. The van der Waals surface area contributed by atoms with Crippen LogP contribution in [0.15, 0.2) is 0 Å². The number of hydrogen-bond donors (Lipinski definition) is 0. The molecule has 0 unspecified atom stereocenters. The normalized spacial score (nSPS) is 10.9. The van der Waals surface area contributed by atoms with Crippen molar-refractivity contribution in [2.24, 2.45) is 0 Å². The van der Waals surface area contributed by atoms with Crippen molar-refractivity contribution in [3.63, 3.8) is 0 Å². The smallest absolute Gasteiger partial charge is 0.211 e. The summed E-state index contributed by atoms with van der Waals surface area (Å²) in [6.07, 6.45) is 0.198. The molecule has 14 heavy (non-hydrogen) atoms. The molecule has 0 saturated carbocycles. The molecule has 0 aliphatic carbocycles. The van der Waals surface area contributed by atoms with Crippen LogP contribution in [-0.2, 0) is 10.0 Å². The molecule has 0 rings (SSSR count). The summed E-state index contributed by atoms with van der Waals surface area (Å²) in [5.41, 5.74) is 0. The molecule has 5 nitrogen and oxygen atoms in total. The van der Waals surface area contributed by atoms with Gasteiger partial charge >= 0.3 is 0 Å². The summed E-state index contributed by atoms with van der Waals surface area (Å²) in [6.45, 7) is 0.181. The summed E-state index contributed by atoms with van der Waals surface area (Å²) < 4.78 is 23.6. The quantitative estimate of drug-likeness (QED) is 0.633. The highest BCUT2D eigenvalue weighted by Crippen LogP contribution is 2.05.